The lowest BCUT2D eigenvalue weighted by Gasteiger charge is -2.24. The van der Waals surface area contributed by atoms with E-state index in [0.717, 1.165) is 25.9 Å². The van der Waals surface area contributed by atoms with Crippen LogP contribution in [0.3, 0.4) is 0 Å². The second-order valence-electron chi connectivity index (χ2n) is 4.91. The topological polar surface area (TPSA) is 29.3 Å². The van der Waals surface area contributed by atoms with Crippen molar-refractivity contribution in [2.24, 2.45) is 5.73 Å². The summed E-state index contributed by atoms with van der Waals surface area (Å²) in [5, 5.41) is 3.72. The Morgan fingerprint density at radius 3 is 2.89 bits per heavy atom. The number of rotatable bonds is 6. The Hall–Kier alpha value is -0.900. The number of likely N-dealkylation sites (N-methyl/N-ethyl adjacent to an activating group) is 1. The van der Waals surface area contributed by atoms with Crippen LogP contribution in [0.15, 0.2) is 29.6 Å². The minimum atomic E-state index is 0.569. The standard InChI is InChI=1S/C15H22N2S/c1-12(7-9-16)17(2)10-8-13-11-18-15-6-4-3-5-14(13)15/h3-6,11-12H,7-10,16H2,1-2H3. The van der Waals surface area contributed by atoms with Crippen molar-refractivity contribution in [3.63, 3.8) is 0 Å². The largest absolute Gasteiger partial charge is 0.330 e. The van der Waals surface area contributed by atoms with Crippen molar-refractivity contribution in [1.82, 2.24) is 4.90 Å². The van der Waals surface area contributed by atoms with E-state index in [1.807, 2.05) is 11.3 Å². The summed E-state index contributed by atoms with van der Waals surface area (Å²) in [7, 11) is 2.19. The third-order valence-electron chi connectivity index (χ3n) is 3.63. The van der Waals surface area contributed by atoms with Crippen LogP contribution in [0, 0.1) is 0 Å². The van der Waals surface area contributed by atoms with Crippen LogP contribution in [0.1, 0.15) is 18.9 Å². The zero-order chi connectivity index (χ0) is 13.0. The van der Waals surface area contributed by atoms with Gasteiger partial charge in [0.25, 0.3) is 0 Å². The molecule has 2 nitrogen and oxygen atoms in total. The molecule has 3 heteroatoms. The lowest BCUT2D eigenvalue weighted by atomic mass is 10.1. The molecule has 98 valence electrons. The lowest BCUT2D eigenvalue weighted by Crippen LogP contribution is -2.32. The molecular weight excluding hydrogens is 240 g/mol. The molecule has 0 aliphatic rings. The summed E-state index contributed by atoms with van der Waals surface area (Å²) in [6.45, 7) is 4.12. The van der Waals surface area contributed by atoms with Gasteiger partial charge in [-0.05, 0) is 55.8 Å². The maximum atomic E-state index is 5.61. The summed E-state index contributed by atoms with van der Waals surface area (Å²) in [6.07, 6.45) is 2.19. The van der Waals surface area contributed by atoms with E-state index in [4.69, 9.17) is 5.73 Å². The number of benzene rings is 1. The average molecular weight is 262 g/mol. The van der Waals surface area contributed by atoms with Gasteiger partial charge in [-0.2, -0.15) is 0 Å². The summed E-state index contributed by atoms with van der Waals surface area (Å²) >= 11 is 1.85. The van der Waals surface area contributed by atoms with Gasteiger partial charge in [0.1, 0.15) is 0 Å². The maximum Gasteiger partial charge on any atom is 0.0345 e. The molecule has 0 radical (unpaired) electrons. The highest BCUT2D eigenvalue weighted by molar-refractivity contribution is 7.17. The van der Waals surface area contributed by atoms with Gasteiger partial charge in [-0.15, -0.1) is 11.3 Å². The van der Waals surface area contributed by atoms with Crippen LogP contribution in [0.5, 0.6) is 0 Å². The quantitative estimate of drug-likeness (QED) is 0.866. The highest BCUT2D eigenvalue weighted by Crippen LogP contribution is 2.26. The fourth-order valence-electron chi connectivity index (χ4n) is 2.21. The predicted octanol–water partition coefficient (Wildman–Crippen LogP) is 3.11. The van der Waals surface area contributed by atoms with E-state index in [0.29, 0.717) is 6.04 Å². The Morgan fingerprint density at radius 2 is 2.11 bits per heavy atom. The van der Waals surface area contributed by atoms with Gasteiger partial charge in [-0.3, -0.25) is 0 Å². The van der Waals surface area contributed by atoms with Gasteiger partial charge in [0, 0.05) is 17.3 Å². The van der Waals surface area contributed by atoms with Gasteiger partial charge < -0.3 is 10.6 Å². The van der Waals surface area contributed by atoms with Gasteiger partial charge in [-0.1, -0.05) is 18.2 Å². The molecule has 2 rings (SSSR count). The van der Waals surface area contributed by atoms with Crippen molar-refractivity contribution in [1.29, 1.82) is 0 Å². The van der Waals surface area contributed by atoms with Crippen molar-refractivity contribution < 1.29 is 0 Å². The first-order chi connectivity index (χ1) is 8.72. The molecule has 0 saturated heterocycles. The van der Waals surface area contributed by atoms with Gasteiger partial charge >= 0.3 is 0 Å². The number of hydrogen-bond donors (Lipinski definition) is 1. The summed E-state index contributed by atoms with van der Waals surface area (Å²) in [6, 6.07) is 9.23. The monoisotopic (exact) mass is 262 g/mol. The molecule has 0 spiro atoms. The predicted molar refractivity (Wildman–Crippen MR) is 81.3 cm³/mol. The zero-order valence-corrected chi connectivity index (χ0v) is 12.0. The van der Waals surface area contributed by atoms with E-state index in [1.165, 1.54) is 15.6 Å². The molecule has 18 heavy (non-hydrogen) atoms. The van der Waals surface area contributed by atoms with E-state index >= 15 is 0 Å². The lowest BCUT2D eigenvalue weighted by molar-refractivity contribution is 0.252. The average Bonchev–Trinajstić information content (AvgIpc) is 2.79. The molecule has 0 bridgehead atoms. The molecule has 1 heterocycles. The number of fused-ring (bicyclic) bond motifs is 1. The molecule has 0 amide bonds. The van der Waals surface area contributed by atoms with E-state index in [9.17, 15) is 0 Å². The van der Waals surface area contributed by atoms with Crippen molar-refractivity contribution >= 4 is 21.4 Å². The highest BCUT2D eigenvalue weighted by Gasteiger charge is 2.09. The van der Waals surface area contributed by atoms with Crippen LogP contribution < -0.4 is 5.73 Å². The summed E-state index contributed by atoms with van der Waals surface area (Å²) in [4.78, 5) is 2.40. The van der Waals surface area contributed by atoms with E-state index in [-0.39, 0.29) is 0 Å². The molecule has 0 aliphatic heterocycles. The smallest absolute Gasteiger partial charge is 0.0345 e. The number of nitrogens with two attached hydrogens (primary N) is 1. The van der Waals surface area contributed by atoms with Crippen molar-refractivity contribution in [3.8, 4) is 0 Å². The third kappa shape index (κ3) is 3.10. The molecule has 0 saturated carbocycles. The second kappa shape index (κ2) is 6.32. The fourth-order valence-corrected chi connectivity index (χ4v) is 3.20. The summed E-state index contributed by atoms with van der Waals surface area (Å²) in [5.41, 5.74) is 7.08. The van der Waals surface area contributed by atoms with Crippen molar-refractivity contribution in [3.05, 3.63) is 35.2 Å². The maximum absolute atomic E-state index is 5.61. The molecule has 1 unspecified atom stereocenters. The van der Waals surface area contributed by atoms with Crippen LogP contribution in [0.2, 0.25) is 0 Å². The summed E-state index contributed by atoms with van der Waals surface area (Å²) in [5.74, 6) is 0. The minimum absolute atomic E-state index is 0.569. The SMILES string of the molecule is CC(CCN)N(C)CCc1csc2ccccc12. The molecule has 1 aromatic carbocycles. The Morgan fingerprint density at radius 1 is 1.33 bits per heavy atom. The van der Waals surface area contributed by atoms with Crippen LogP contribution >= 0.6 is 11.3 Å². The first-order valence-corrected chi connectivity index (χ1v) is 7.45. The van der Waals surface area contributed by atoms with Crippen molar-refractivity contribution in [2.75, 3.05) is 20.1 Å². The van der Waals surface area contributed by atoms with E-state index < -0.39 is 0 Å². The van der Waals surface area contributed by atoms with Gasteiger partial charge in [0.05, 0.1) is 0 Å². The second-order valence-corrected chi connectivity index (χ2v) is 5.83. The summed E-state index contributed by atoms with van der Waals surface area (Å²) < 4.78 is 1.39. The van der Waals surface area contributed by atoms with Crippen LogP contribution in [0.4, 0.5) is 0 Å². The molecule has 1 aromatic heterocycles. The third-order valence-corrected chi connectivity index (χ3v) is 4.64. The Labute approximate surface area is 113 Å². The molecule has 1 atom stereocenters. The molecular formula is C15H22N2S. The number of thiophene rings is 1. The van der Waals surface area contributed by atoms with Crippen LogP contribution in [-0.4, -0.2) is 31.1 Å². The fraction of sp³-hybridized carbons (Fsp3) is 0.467. The van der Waals surface area contributed by atoms with Gasteiger partial charge in [0.15, 0.2) is 0 Å². The zero-order valence-electron chi connectivity index (χ0n) is 11.2. The highest BCUT2D eigenvalue weighted by atomic mass is 32.1. The Bertz CT molecular complexity index is 492. The van der Waals surface area contributed by atoms with E-state index in [2.05, 4.69) is 48.5 Å². The molecule has 0 aliphatic carbocycles. The van der Waals surface area contributed by atoms with Gasteiger partial charge in [0.2, 0.25) is 0 Å². The van der Waals surface area contributed by atoms with Crippen LogP contribution in [-0.2, 0) is 6.42 Å². The molecule has 0 fully saturated rings. The molecule has 2 N–H and O–H groups in total. The molecule has 2 aromatic rings. The normalized spacial score (nSPS) is 13.3. The van der Waals surface area contributed by atoms with Gasteiger partial charge in [-0.25, -0.2) is 0 Å². The van der Waals surface area contributed by atoms with Crippen LogP contribution in [0.25, 0.3) is 10.1 Å². The minimum Gasteiger partial charge on any atom is -0.330 e. The van der Waals surface area contributed by atoms with E-state index in [1.54, 1.807) is 0 Å². The van der Waals surface area contributed by atoms with Crippen molar-refractivity contribution in [2.45, 2.75) is 25.8 Å². The first-order valence-electron chi connectivity index (χ1n) is 6.57. The number of nitrogens with zero attached hydrogens (tertiary/aromatic N) is 1. The first kappa shape index (κ1) is 13.5. The Kier molecular flexibility index (Phi) is 4.75. The number of hydrogen-bond acceptors (Lipinski definition) is 3. The Balaban J connectivity index is 1.98.